The molecule has 0 heterocycles. The van der Waals surface area contributed by atoms with Crippen LogP contribution in [0.1, 0.15) is 32.6 Å². The van der Waals surface area contributed by atoms with E-state index in [4.69, 9.17) is 15.3 Å². The fourth-order valence-electron chi connectivity index (χ4n) is 0.989. The Morgan fingerprint density at radius 2 is 1.62 bits per heavy atom. The van der Waals surface area contributed by atoms with E-state index >= 15 is 0 Å². The van der Waals surface area contributed by atoms with Crippen LogP contribution < -0.4 is 0 Å². The van der Waals surface area contributed by atoms with Gasteiger partial charge < -0.3 is 15.3 Å². The van der Waals surface area contributed by atoms with E-state index in [-0.39, 0.29) is 25.8 Å². The van der Waals surface area contributed by atoms with Crippen LogP contribution in [0.2, 0.25) is 0 Å². The van der Waals surface area contributed by atoms with E-state index < -0.39 is 0 Å². The van der Waals surface area contributed by atoms with Gasteiger partial charge in [0.05, 0.1) is 0 Å². The number of allylic oxidation sites excluding steroid dienone is 4. The normalized spacial score (nSPS) is 10.3. The van der Waals surface area contributed by atoms with Gasteiger partial charge in [0.2, 0.25) is 0 Å². The number of unbranched alkanes of at least 4 members (excludes halogenated alkanes) is 1. The molecule has 96 valence electrons. The summed E-state index contributed by atoms with van der Waals surface area (Å²) in [5, 5.41) is 21.0. The van der Waals surface area contributed by atoms with Crippen molar-refractivity contribution in [1.82, 2.24) is 0 Å². The van der Waals surface area contributed by atoms with Crippen molar-refractivity contribution in [3.63, 3.8) is 0 Å². The van der Waals surface area contributed by atoms with Gasteiger partial charge in [-0.3, -0.25) is 6.08 Å². The number of rotatable bonds is 3. The molecule has 16 heavy (non-hydrogen) atoms. The van der Waals surface area contributed by atoms with Crippen molar-refractivity contribution in [1.29, 1.82) is 0 Å². The molecule has 0 atom stereocenters. The molecule has 0 saturated carbocycles. The molecule has 0 spiro atoms. The first-order chi connectivity index (χ1) is 7.43. The molecular formula is C12H25HfO3-. The molecule has 1 rings (SSSR count). The summed E-state index contributed by atoms with van der Waals surface area (Å²) in [6.07, 6.45) is 12.5. The molecule has 1 aliphatic rings. The molecule has 3 nitrogen and oxygen atoms in total. The first kappa shape index (κ1) is 25.2. The van der Waals surface area contributed by atoms with Crippen molar-refractivity contribution in [3.05, 3.63) is 23.8 Å². The van der Waals surface area contributed by atoms with Gasteiger partial charge in [0.1, 0.15) is 0 Å². The average molecular weight is 396 g/mol. The molecular weight excluding hydrogens is 371 g/mol. The number of aliphatic hydroxyl groups excluding tert-OH is 3. The molecule has 0 bridgehead atoms. The molecule has 0 fully saturated rings. The SMILES string of the molecule is CCCCC1=[C-]CC=C1.CO.CO.CO.[Hf]. The minimum Gasteiger partial charge on any atom is -0.400 e. The van der Waals surface area contributed by atoms with Crippen LogP contribution in [-0.2, 0) is 25.8 Å². The smallest absolute Gasteiger partial charge is 0.0319 e. The number of aliphatic hydroxyl groups is 3. The third kappa shape index (κ3) is 19.8. The summed E-state index contributed by atoms with van der Waals surface area (Å²) < 4.78 is 0. The molecule has 0 aromatic rings. The van der Waals surface area contributed by atoms with Gasteiger partial charge in [0.25, 0.3) is 0 Å². The van der Waals surface area contributed by atoms with Crippen LogP contribution in [-0.4, -0.2) is 36.6 Å². The van der Waals surface area contributed by atoms with E-state index in [1.165, 1.54) is 24.8 Å². The van der Waals surface area contributed by atoms with E-state index in [0.717, 1.165) is 27.8 Å². The molecule has 0 saturated heterocycles. The Labute approximate surface area is 119 Å². The van der Waals surface area contributed by atoms with Gasteiger partial charge in [-0.05, 0) is 0 Å². The second-order valence-corrected chi connectivity index (χ2v) is 2.41. The van der Waals surface area contributed by atoms with Crippen molar-refractivity contribution in [2.24, 2.45) is 0 Å². The van der Waals surface area contributed by atoms with Gasteiger partial charge in [-0.2, -0.15) is 6.08 Å². The predicted molar refractivity (Wildman–Crippen MR) is 64.5 cm³/mol. The van der Waals surface area contributed by atoms with E-state index in [0.29, 0.717) is 0 Å². The molecule has 0 unspecified atom stereocenters. The summed E-state index contributed by atoms with van der Waals surface area (Å²) in [4.78, 5) is 0. The first-order valence-corrected chi connectivity index (χ1v) is 5.04. The maximum Gasteiger partial charge on any atom is 0.0319 e. The van der Waals surface area contributed by atoms with Crippen LogP contribution in [0, 0.1) is 6.08 Å². The van der Waals surface area contributed by atoms with Crippen molar-refractivity contribution >= 4 is 0 Å². The van der Waals surface area contributed by atoms with Gasteiger partial charge in [-0.15, -0.1) is 6.42 Å². The Bertz CT molecular complexity index is 145. The average Bonchev–Trinajstić information content (AvgIpc) is 2.87. The molecule has 0 aromatic heterocycles. The molecule has 1 aliphatic carbocycles. The van der Waals surface area contributed by atoms with E-state index in [1.807, 2.05) is 0 Å². The predicted octanol–water partition coefficient (Wildman–Crippen LogP) is 1.69. The fraction of sp³-hybridized carbons (Fsp3) is 0.667. The summed E-state index contributed by atoms with van der Waals surface area (Å²) in [7, 11) is 3.00. The quantitative estimate of drug-likeness (QED) is 0.503. The molecule has 0 aliphatic heterocycles. The van der Waals surface area contributed by atoms with Crippen LogP contribution >= 0.6 is 0 Å². The molecule has 4 heteroatoms. The number of hydrogen-bond donors (Lipinski definition) is 3. The van der Waals surface area contributed by atoms with Crippen molar-refractivity contribution < 1.29 is 41.2 Å². The zero-order chi connectivity index (χ0) is 12.5. The van der Waals surface area contributed by atoms with Crippen LogP contribution in [0.5, 0.6) is 0 Å². The Balaban J connectivity index is -0.0000000900. The number of hydrogen-bond acceptors (Lipinski definition) is 3. The maximum absolute atomic E-state index is 7.00. The largest absolute Gasteiger partial charge is 0.400 e. The Hall–Kier alpha value is 0.230. The van der Waals surface area contributed by atoms with Gasteiger partial charge in [-0.25, -0.2) is 11.6 Å². The summed E-state index contributed by atoms with van der Waals surface area (Å²) in [5.74, 6) is 0. The summed E-state index contributed by atoms with van der Waals surface area (Å²) >= 11 is 0. The van der Waals surface area contributed by atoms with Crippen molar-refractivity contribution in [3.8, 4) is 0 Å². The van der Waals surface area contributed by atoms with Crippen LogP contribution in [0.3, 0.4) is 0 Å². The van der Waals surface area contributed by atoms with E-state index in [1.54, 1.807) is 0 Å². The minimum atomic E-state index is 0. The van der Waals surface area contributed by atoms with E-state index in [2.05, 4.69) is 25.2 Å². The molecule has 0 amide bonds. The molecule has 3 N–H and O–H groups in total. The third-order valence-corrected chi connectivity index (χ3v) is 1.57. The van der Waals surface area contributed by atoms with Crippen LogP contribution in [0.4, 0.5) is 0 Å². The van der Waals surface area contributed by atoms with Crippen LogP contribution in [0.25, 0.3) is 0 Å². The topological polar surface area (TPSA) is 60.7 Å². The Morgan fingerprint density at radius 1 is 1.12 bits per heavy atom. The minimum absolute atomic E-state index is 0. The van der Waals surface area contributed by atoms with Crippen molar-refractivity contribution in [2.75, 3.05) is 21.3 Å². The Morgan fingerprint density at radius 3 is 1.94 bits per heavy atom. The second kappa shape index (κ2) is 29.5. The molecule has 0 aromatic carbocycles. The van der Waals surface area contributed by atoms with Gasteiger partial charge in [0.15, 0.2) is 0 Å². The van der Waals surface area contributed by atoms with Gasteiger partial charge in [-0.1, -0.05) is 26.2 Å². The van der Waals surface area contributed by atoms with E-state index in [9.17, 15) is 0 Å². The summed E-state index contributed by atoms with van der Waals surface area (Å²) in [6.45, 7) is 2.22. The zero-order valence-corrected chi connectivity index (χ0v) is 14.4. The molecule has 0 radical (unpaired) electrons. The van der Waals surface area contributed by atoms with Gasteiger partial charge in [0, 0.05) is 47.2 Å². The van der Waals surface area contributed by atoms with Crippen molar-refractivity contribution in [2.45, 2.75) is 32.6 Å². The zero-order valence-electron chi connectivity index (χ0n) is 10.8. The Kier molecular flexibility index (Phi) is 46.4. The first-order valence-electron chi connectivity index (χ1n) is 5.04. The third-order valence-electron chi connectivity index (χ3n) is 1.57. The summed E-state index contributed by atoms with van der Waals surface area (Å²) in [5.41, 5.74) is 1.41. The van der Waals surface area contributed by atoms with Gasteiger partial charge >= 0.3 is 0 Å². The fourth-order valence-corrected chi connectivity index (χ4v) is 0.989. The maximum atomic E-state index is 7.00. The summed E-state index contributed by atoms with van der Waals surface area (Å²) in [6, 6.07) is 0. The standard InChI is InChI=1S/C9H13.3CH4O.Hf/c1-2-3-6-9-7-4-5-8-9;3*1-2;/h4,7H,2-3,5-6H2,1H3;3*2H,1H3;/q-1;;;;. The second-order valence-electron chi connectivity index (χ2n) is 2.41. The monoisotopic (exact) mass is 397 g/mol. The van der Waals surface area contributed by atoms with Crippen LogP contribution in [0.15, 0.2) is 17.7 Å².